The third-order valence-corrected chi connectivity index (χ3v) is 27.1. The molecule has 42 heteroatoms. The van der Waals surface area contributed by atoms with Crippen molar-refractivity contribution in [1.29, 1.82) is 0 Å². The van der Waals surface area contributed by atoms with E-state index in [2.05, 4.69) is 33.5 Å². The Bertz CT molecular complexity index is 5140. The minimum atomic E-state index is -2.29. The van der Waals surface area contributed by atoms with Gasteiger partial charge in [-0.15, -0.1) is 0 Å². The number of aliphatic carboxylic acids is 1. The molecule has 5 unspecified atom stereocenters. The highest BCUT2D eigenvalue weighted by atomic mass is 16.7. The van der Waals surface area contributed by atoms with Crippen LogP contribution in [0.3, 0.4) is 0 Å². The first-order chi connectivity index (χ1) is 69.6. The lowest BCUT2D eigenvalue weighted by atomic mass is 9.82. The van der Waals surface area contributed by atoms with E-state index < -0.39 is 299 Å². The monoisotopic (exact) mass is 2060 g/mol. The van der Waals surface area contributed by atoms with Gasteiger partial charge >= 0.3 is 11.9 Å². The number of aromatic hydroxyl groups is 1. The van der Waals surface area contributed by atoms with Gasteiger partial charge in [0.15, 0.2) is 18.3 Å². The predicted octanol–water partition coefficient (Wildman–Crippen LogP) is -0.215. The van der Waals surface area contributed by atoms with Gasteiger partial charge in [0.2, 0.25) is 35.4 Å². The molecule has 10 rings (SSSR count). The Labute approximate surface area is 852 Å². The minimum Gasteiger partial charge on any atom is -0.508 e. The number of carboxylic acid groups (broad SMARTS) is 1. The van der Waals surface area contributed by atoms with E-state index >= 15 is 0 Å². The first-order valence-electron chi connectivity index (χ1n) is 49.6. The fourth-order valence-electron chi connectivity index (χ4n) is 18.2. The zero-order valence-electron chi connectivity index (χ0n) is 83.3. The van der Waals surface area contributed by atoms with Crippen molar-refractivity contribution in [3.8, 4) is 33.8 Å². The van der Waals surface area contributed by atoms with Gasteiger partial charge in [-0.25, -0.2) is 0 Å². The summed E-state index contributed by atoms with van der Waals surface area (Å²) in [5, 5.41) is 229. The highest BCUT2D eigenvalue weighted by molar-refractivity contribution is 6.00. The number of hydrogen-bond acceptors (Lipinski definition) is 34. The smallest absolute Gasteiger partial charge is 0.311 e. The number of amides is 7. The number of benzene rings is 4. The van der Waals surface area contributed by atoms with Crippen LogP contribution in [-0.2, 0) is 57.3 Å². The number of nitrogens with two attached hydrogens (primary N) is 1. The lowest BCUT2D eigenvalue weighted by Gasteiger charge is -2.45. The number of unbranched alkanes of at least 4 members (excludes halogenated alkanes) is 2. The Morgan fingerprint density at radius 2 is 1.07 bits per heavy atom. The molecule has 5 fully saturated rings. The molecule has 5 saturated heterocycles. The Kier molecular flexibility index (Phi) is 46.0. The number of nitrogens with zero attached hydrogens (tertiary/aromatic N) is 2. The molecule has 7 amide bonds. The van der Waals surface area contributed by atoms with E-state index in [4.69, 9.17) is 29.4 Å². The standard InChI is InChI=1S/C58H73N7O17.C47H73NO17/c1-5-6-7-24-82-40-22-18-35(19-23-40)33-10-8-32(9-11-33)34-12-14-37(15-13-34)51(74)59-41-26-43(70)54(77)63-56(79)47-48(71)29(2)27-65(47)58(81)45(31(4)67)61-55(78)46(50(73)49(72)36-16-20-38(68)21-17-36)62-53(76)42-25-39(69)28-64(42)57(80)44(30(3)66)60-52(41)75;1-27-17-15-13-11-9-7-5-6-8-10-12-14-16-18-34(64-46-44(58)41(48)43(57)30(4)63-46)24-38-40(45(59)60)37(54)26-47(61,65-38)25-33(51)21-31(49)19-20-35(52)36(53)22-32(50)23-39(55)62-29(3)28(2)42(27)56/h8-23,29-31,39,41-50,54,66-73,77H,5-7,24-28H2,1-4H3,(H,59,74)(H,60,75)(H,61,78)(H,62,76)(H,63,79);5-18,27-38,40-44,46,49-54,56-58,61H,19-26,48H2,1-4H3,(H,59,60)/b;6-5+,9-7+,10-8+,13-11+,14-12+,17-15-,18-16+/t29-,30-,31-,39+,41-,42-,43+,44-,45-,46-,47-,48-,49-,50-,54+;27-,28+,29-,30?,31-,32+,33-,34-,35-,36-,37-,38-,40+,41?,42+,43?,44?,46?,47+/m00/s1. The second kappa shape index (κ2) is 56.6. The van der Waals surface area contributed by atoms with Crippen molar-refractivity contribution in [3.05, 3.63) is 193 Å². The van der Waals surface area contributed by atoms with E-state index in [1.165, 1.54) is 44.2 Å². The number of carbonyl (C=O) groups excluding carboxylic acids is 8. The fraction of sp³-hybridized carbons (Fsp3) is 0.552. The predicted molar refractivity (Wildman–Crippen MR) is 530 cm³/mol. The maximum absolute atomic E-state index is 14.5. The summed E-state index contributed by atoms with van der Waals surface area (Å²) in [5.41, 5.74) is 9.39. The normalized spacial score (nSPS) is 35.5. The number of ether oxygens (including phenoxy) is 5. The SMILES string of the molecule is CC1OC(O[C@H]2/C=C/C=C/C=C/C=C/C=C/C=C/C=C\[C@H](C)[C@@H](O)[C@H](C)[C@H](C)OC(=O)C[C@H](O)C[C@H](O)[C@@H](O)CC[C@H](O)C[C@H](O)C[C@]3(O)C[C@H](O)[C@@H](C(=O)O)[C@H](C2)O3)C(O)C(N)C1O.CCCCCOc1ccc(-c2ccc(-c3ccc(C(=O)N[C@H]4C[C@@H](O)[C@@H](O)NC(=O)[C@@H]5[C@@H](O)[C@@H](C)CN5C(=O)[C@H]([C@H](C)O)NC(=O)[C@H]([C@H](O)[C@@H](O)c5ccc(O)cc5)NC(=O)[C@@H]5C[C@@H](O)CN5C(=O)[C@H]([C@H](C)O)NC4=O)cc3)cc2)cc1. The molecule has 6 aliphatic heterocycles. The van der Waals surface area contributed by atoms with E-state index in [9.17, 15) is 145 Å². The first-order valence-corrected chi connectivity index (χ1v) is 49.6. The van der Waals surface area contributed by atoms with Gasteiger partial charge in [-0.2, -0.15) is 0 Å². The number of carbonyl (C=O) groups is 9. The second-order valence-electron chi connectivity index (χ2n) is 38.9. The number of aliphatic hydroxyl groups excluding tert-OH is 17. The summed E-state index contributed by atoms with van der Waals surface area (Å²) < 4.78 is 29.0. The third-order valence-electron chi connectivity index (χ3n) is 27.1. The summed E-state index contributed by atoms with van der Waals surface area (Å²) in [4.78, 5) is 127. The molecule has 4 aromatic rings. The van der Waals surface area contributed by atoms with E-state index in [0.29, 0.717) is 12.2 Å². The molecule has 2 bridgehead atoms. The first kappa shape index (κ1) is 120. The van der Waals surface area contributed by atoms with Crippen molar-refractivity contribution < 1.29 is 169 Å². The lowest BCUT2D eigenvalue weighted by molar-refractivity contribution is -0.308. The summed E-state index contributed by atoms with van der Waals surface area (Å²) >= 11 is 0. The highest BCUT2D eigenvalue weighted by Crippen LogP contribution is 2.40. The van der Waals surface area contributed by atoms with Crippen LogP contribution in [0.4, 0.5) is 0 Å². The van der Waals surface area contributed by atoms with Crippen molar-refractivity contribution in [2.24, 2.45) is 29.4 Å². The lowest BCUT2D eigenvalue weighted by Crippen LogP contribution is -2.64. The van der Waals surface area contributed by atoms with Crippen LogP contribution in [0, 0.1) is 23.7 Å². The van der Waals surface area contributed by atoms with Crippen molar-refractivity contribution in [3.63, 3.8) is 0 Å². The van der Waals surface area contributed by atoms with Gasteiger partial charge in [0, 0.05) is 74.9 Å². The maximum atomic E-state index is 14.5. The van der Waals surface area contributed by atoms with Gasteiger partial charge in [-0.05, 0) is 118 Å². The van der Waals surface area contributed by atoms with Crippen LogP contribution in [0.15, 0.2) is 182 Å². The number of phenols is 1. The van der Waals surface area contributed by atoms with Gasteiger partial charge in [-0.1, -0.05) is 186 Å². The van der Waals surface area contributed by atoms with Crippen LogP contribution in [0.5, 0.6) is 11.5 Å². The number of hydrogen-bond donors (Lipinski definition) is 26. The number of carboxylic acids is 1. The number of rotatable bonds is 17. The molecule has 0 spiro atoms. The van der Waals surface area contributed by atoms with Crippen LogP contribution in [0.25, 0.3) is 22.3 Å². The van der Waals surface area contributed by atoms with Gasteiger partial charge in [0.05, 0.1) is 111 Å². The van der Waals surface area contributed by atoms with Crippen molar-refractivity contribution in [2.75, 3.05) is 19.7 Å². The summed E-state index contributed by atoms with van der Waals surface area (Å²) in [6, 6.07) is 13.6. The van der Waals surface area contributed by atoms with E-state index in [-0.39, 0.29) is 55.0 Å². The Balaban J connectivity index is 0.000000336. The topological polar surface area (TPSA) is 697 Å². The van der Waals surface area contributed by atoms with Gasteiger partial charge in [0.1, 0.15) is 84.2 Å². The van der Waals surface area contributed by atoms with E-state index in [1.807, 2.05) is 61.5 Å². The minimum absolute atomic E-state index is 0.00973. The maximum Gasteiger partial charge on any atom is 0.311 e. The third kappa shape index (κ3) is 34.3. The molecule has 810 valence electrons. The Hall–Kier alpha value is -11.0. The average molecular weight is 2060 g/mol. The summed E-state index contributed by atoms with van der Waals surface area (Å²) in [6.07, 6.45) is -10.1. The quantitative estimate of drug-likeness (QED) is 0.0480. The zero-order chi connectivity index (χ0) is 108. The molecular weight excluding hydrogens is 1920 g/mol. The number of aliphatic hydroxyl groups is 18. The number of phenolic OH excluding ortho intramolecular Hbond substituents is 1. The van der Waals surface area contributed by atoms with E-state index in [1.54, 1.807) is 98.9 Å². The van der Waals surface area contributed by atoms with Crippen LogP contribution in [-0.4, -0.2) is 361 Å². The molecule has 6 aliphatic rings. The molecular formula is C105H146N8O34. The van der Waals surface area contributed by atoms with Gasteiger partial charge in [0.25, 0.3) is 5.91 Å². The van der Waals surface area contributed by atoms with Crippen molar-refractivity contribution >= 4 is 53.3 Å². The van der Waals surface area contributed by atoms with Gasteiger partial charge < -0.3 is 168 Å². The number of fused-ring (bicyclic) bond motifs is 4. The van der Waals surface area contributed by atoms with Crippen LogP contribution >= 0.6 is 0 Å². The number of allylic oxidation sites excluding steroid dienone is 12. The molecule has 6 heterocycles. The number of cyclic esters (lactones) is 1. The molecule has 42 nitrogen and oxygen atoms in total. The molecule has 0 radical (unpaired) electrons. The Morgan fingerprint density at radius 1 is 0.531 bits per heavy atom. The van der Waals surface area contributed by atoms with Crippen molar-refractivity contribution in [2.45, 2.75) is 322 Å². The zero-order valence-corrected chi connectivity index (χ0v) is 83.3. The highest BCUT2D eigenvalue weighted by Gasteiger charge is 2.54. The number of esters is 1. The fourth-order valence-corrected chi connectivity index (χ4v) is 18.2. The molecule has 4 aromatic carbocycles. The number of nitrogens with one attached hydrogen (secondary N) is 5. The molecule has 27 N–H and O–H groups in total. The van der Waals surface area contributed by atoms with Crippen LogP contribution in [0.2, 0.25) is 0 Å². The summed E-state index contributed by atoms with van der Waals surface area (Å²) in [5.74, 6) is -15.5. The molecule has 147 heavy (non-hydrogen) atoms. The van der Waals surface area contributed by atoms with Crippen LogP contribution < -0.4 is 37.1 Å². The largest absolute Gasteiger partial charge is 0.508 e. The van der Waals surface area contributed by atoms with Gasteiger partial charge in [-0.3, -0.25) is 43.2 Å². The summed E-state index contributed by atoms with van der Waals surface area (Å²) in [6.45, 7) is 12.2. The molecule has 0 saturated carbocycles. The van der Waals surface area contributed by atoms with Crippen LogP contribution in [0.1, 0.15) is 161 Å². The average Bonchev–Trinajstić information content (AvgIpc) is 0.916. The molecule has 34 atom stereocenters. The van der Waals surface area contributed by atoms with E-state index in [0.717, 1.165) is 77.5 Å². The second-order valence-corrected chi connectivity index (χ2v) is 38.9. The van der Waals surface area contributed by atoms with Crippen molar-refractivity contribution in [1.82, 2.24) is 36.4 Å². The molecule has 0 aromatic heterocycles. The summed E-state index contributed by atoms with van der Waals surface area (Å²) in [7, 11) is 0. The molecule has 0 aliphatic carbocycles. The Morgan fingerprint density at radius 3 is 1.65 bits per heavy atom.